The average molecular weight is 302 g/mol. The summed E-state index contributed by atoms with van der Waals surface area (Å²) in [6, 6.07) is 7.95. The van der Waals surface area contributed by atoms with Gasteiger partial charge in [0.15, 0.2) is 0 Å². The Kier molecular flexibility index (Phi) is 3.66. The maximum atomic E-state index is 13.9. The molecule has 0 radical (unpaired) electrons. The lowest BCUT2D eigenvalue weighted by atomic mass is 9.94. The Hall–Kier alpha value is -2.63. The van der Waals surface area contributed by atoms with Gasteiger partial charge in [-0.3, -0.25) is 9.59 Å². The maximum Gasteiger partial charge on any atom is 0.306 e. The van der Waals surface area contributed by atoms with Crippen molar-refractivity contribution in [3.05, 3.63) is 47.4 Å². The van der Waals surface area contributed by atoms with Gasteiger partial charge in [0.1, 0.15) is 5.82 Å². The molecule has 2 aromatic rings. The Morgan fingerprint density at radius 3 is 2.86 bits per heavy atom. The fraction of sp³-hybridized carbons (Fsp3) is 0.250. The van der Waals surface area contributed by atoms with Crippen LogP contribution >= 0.6 is 0 Å². The van der Waals surface area contributed by atoms with E-state index in [2.05, 4.69) is 15.0 Å². The number of nitrogens with one attached hydrogen (secondary N) is 2. The van der Waals surface area contributed by atoms with Gasteiger partial charge >= 0.3 is 5.97 Å². The van der Waals surface area contributed by atoms with Crippen molar-refractivity contribution in [3.63, 3.8) is 0 Å². The third kappa shape index (κ3) is 2.47. The van der Waals surface area contributed by atoms with Gasteiger partial charge in [0.05, 0.1) is 19.1 Å². The summed E-state index contributed by atoms with van der Waals surface area (Å²) < 4.78 is 18.6. The van der Waals surface area contributed by atoms with Gasteiger partial charge in [-0.2, -0.15) is 0 Å². The molecule has 1 aliphatic rings. The molecule has 0 saturated carbocycles. The topological polar surface area (TPSA) is 71.2 Å². The summed E-state index contributed by atoms with van der Waals surface area (Å²) in [7, 11) is 1.32. The second-order valence-corrected chi connectivity index (χ2v) is 5.18. The van der Waals surface area contributed by atoms with Crippen LogP contribution in [0, 0.1) is 5.82 Å². The number of benzene rings is 1. The van der Waals surface area contributed by atoms with Crippen LogP contribution < -0.4 is 5.32 Å². The van der Waals surface area contributed by atoms with E-state index >= 15 is 0 Å². The summed E-state index contributed by atoms with van der Waals surface area (Å²) in [5, 5.41) is 2.74. The van der Waals surface area contributed by atoms with E-state index in [0.29, 0.717) is 29.1 Å². The average Bonchev–Trinajstić information content (AvgIpc) is 2.96. The molecule has 1 aliphatic heterocycles. The van der Waals surface area contributed by atoms with Crippen molar-refractivity contribution >= 4 is 11.9 Å². The molecule has 0 saturated heterocycles. The molecule has 114 valence electrons. The summed E-state index contributed by atoms with van der Waals surface area (Å²) in [6.45, 7) is 0.345. The molecule has 2 heterocycles. The minimum absolute atomic E-state index is 0.154. The Morgan fingerprint density at radius 1 is 1.36 bits per heavy atom. The summed E-state index contributed by atoms with van der Waals surface area (Å²) in [5.41, 5.74) is 2.00. The molecule has 22 heavy (non-hydrogen) atoms. The van der Waals surface area contributed by atoms with Crippen LogP contribution in [0.15, 0.2) is 30.3 Å². The van der Waals surface area contributed by atoms with Crippen LogP contribution in [0.3, 0.4) is 0 Å². The van der Waals surface area contributed by atoms with Gasteiger partial charge in [-0.1, -0.05) is 12.1 Å². The highest BCUT2D eigenvalue weighted by molar-refractivity contribution is 5.98. The van der Waals surface area contributed by atoms with Crippen LogP contribution in [0.1, 0.15) is 28.4 Å². The Labute approximate surface area is 126 Å². The van der Waals surface area contributed by atoms with E-state index in [0.717, 1.165) is 0 Å². The first-order valence-electron chi connectivity index (χ1n) is 6.93. The lowest BCUT2D eigenvalue weighted by molar-refractivity contribution is -0.141. The SMILES string of the molecule is COC(=O)CC1CNC(=O)c2cc(-c3ccccc3F)[nH]c21. The monoisotopic (exact) mass is 302 g/mol. The van der Waals surface area contributed by atoms with Crippen molar-refractivity contribution in [2.75, 3.05) is 13.7 Å². The highest BCUT2D eigenvalue weighted by Gasteiger charge is 2.30. The number of hydrogen-bond acceptors (Lipinski definition) is 3. The number of aromatic nitrogens is 1. The number of esters is 1. The number of methoxy groups -OCH3 is 1. The predicted octanol–water partition coefficient (Wildman–Crippen LogP) is 2.21. The zero-order chi connectivity index (χ0) is 15.7. The lowest BCUT2D eigenvalue weighted by Gasteiger charge is -2.21. The van der Waals surface area contributed by atoms with Crippen LogP contribution in [0.5, 0.6) is 0 Å². The van der Waals surface area contributed by atoms with E-state index < -0.39 is 0 Å². The van der Waals surface area contributed by atoms with Crippen LogP contribution in [0.4, 0.5) is 4.39 Å². The highest BCUT2D eigenvalue weighted by atomic mass is 19.1. The van der Waals surface area contributed by atoms with E-state index in [4.69, 9.17) is 0 Å². The van der Waals surface area contributed by atoms with Crippen molar-refractivity contribution in [3.8, 4) is 11.3 Å². The third-order valence-corrected chi connectivity index (χ3v) is 3.81. The van der Waals surface area contributed by atoms with Gasteiger partial charge in [-0.05, 0) is 18.2 Å². The number of rotatable bonds is 3. The number of fused-ring (bicyclic) bond motifs is 1. The number of halogens is 1. The highest BCUT2D eigenvalue weighted by Crippen LogP contribution is 2.31. The Bertz CT molecular complexity index is 739. The number of carbonyl (C=O) groups is 2. The zero-order valence-corrected chi connectivity index (χ0v) is 12.0. The fourth-order valence-corrected chi connectivity index (χ4v) is 2.68. The molecular weight excluding hydrogens is 287 g/mol. The van der Waals surface area contributed by atoms with E-state index in [1.165, 1.54) is 13.2 Å². The van der Waals surface area contributed by atoms with Gasteiger partial charge in [0.25, 0.3) is 5.91 Å². The molecule has 1 aromatic heterocycles. The molecule has 6 heteroatoms. The van der Waals surface area contributed by atoms with Crippen LogP contribution in [0.25, 0.3) is 11.3 Å². The fourth-order valence-electron chi connectivity index (χ4n) is 2.68. The predicted molar refractivity (Wildman–Crippen MR) is 77.9 cm³/mol. The second kappa shape index (κ2) is 5.63. The number of carbonyl (C=O) groups excluding carboxylic acids is 2. The van der Waals surface area contributed by atoms with Crippen LogP contribution in [-0.2, 0) is 9.53 Å². The number of hydrogen-bond donors (Lipinski definition) is 2. The van der Waals surface area contributed by atoms with E-state index in [-0.39, 0.29) is 30.0 Å². The Morgan fingerprint density at radius 2 is 2.14 bits per heavy atom. The molecule has 1 aromatic carbocycles. The van der Waals surface area contributed by atoms with Crippen molar-refractivity contribution in [2.24, 2.45) is 0 Å². The number of aromatic amines is 1. The summed E-state index contributed by atoms with van der Waals surface area (Å²) >= 11 is 0. The summed E-state index contributed by atoms with van der Waals surface area (Å²) in [4.78, 5) is 26.6. The molecule has 0 fully saturated rings. The maximum absolute atomic E-state index is 13.9. The molecule has 3 rings (SSSR count). The molecular formula is C16H15FN2O3. The first-order chi connectivity index (χ1) is 10.6. The molecule has 2 N–H and O–H groups in total. The third-order valence-electron chi connectivity index (χ3n) is 3.81. The first kappa shape index (κ1) is 14.3. The summed E-state index contributed by atoms with van der Waals surface area (Å²) in [6.07, 6.45) is 0.154. The molecule has 0 bridgehead atoms. The van der Waals surface area contributed by atoms with Crippen LogP contribution in [0.2, 0.25) is 0 Å². The largest absolute Gasteiger partial charge is 0.469 e. The first-order valence-corrected chi connectivity index (χ1v) is 6.93. The minimum Gasteiger partial charge on any atom is -0.469 e. The molecule has 1 amide bonds. The zero-order valence-electron chi connectivity index (χ0n) is 12.0. The van der Waals surface area contributed by atoms with E-state index in [9.17, 15) is 14.0 Å². The molecule has 0 spiro atoms. The number of ether oxygens (including phenoxy) is 1. The van der Waals surface area contributed by atoms with E-state index in [1.54, 1.807) is 24.3 Å². The van der Waals surface area contributed by atoms with Crippen molar-refractivity contribution < 1.29 is 18.7 Å². The van der Waals surface area contributed by atoms with Crippen molar-refractivity contribution in [1.82, 2.24) is 10.3 Å². The van der Waals surface area contributed by atoms with Gasteiger partial charge in [-0.15, -0.1) is 0 Å². The number of amides is 1. The van der Waals surface area contributed by atoms with Crippen LogP contribution in [-0.4, -0.2) is 30.5 Å². The summed E-state index contributed by atoms with van der Waals surface area (Å²) in [5.74, 6) is -1.16. The van der Waals surface area contributed by atoms with Crippen molar-refractivity contribution in [1.29, 1.82) is 0 Å². The minimum atomic E-state index is -0.369. The quantitative estimate of drug-likeness (QED) is 0.854. The standard InChI is InChI=1S/C16H15FN2O3/c1-22-14(20)6-9-8-18-16(21)11-7-13(19-15(9)11)10-4-2-3-5-12(10)17/h2-5,7,9,19H,6,8H2,1H3,(H,18,21). The molecule has 0 aliphatic carbocycles. The van der Waals surface area contributed by atoms with Gasteiger partial charge in [0.2, 0.25) is 0 Å². The van der Waals surface area contributed by atoms with Gasteiger partial charge < -0.3 is 15.0 Å². The smallest absolute Gasteiger partial charge is 0.306 e. The normalized spacial score (nSPS) is 16.8. The van der Waals surface area contributed by atoms with E-state index in [1.807, 2.05) is 0 Å². The molecule has 5 nitrogen and oxygen atoms in total. The molecule has 1 atom stereocenters. The van der Waals surface area contributed by atoms with Crippen molar-refractivity contribution in [2.45, 2.75) is 12.3 Å². The second-order valence-electron chi connectivity index (χ2n) is 5.18. The van der Waals surface area contributed by atoms with Gasteiger partial charge in [0, 0.05) is 29.4 Å². The molecule has 1 unspecified atom stereocenters. The lowest BCUT2D eigenvalue weighted by Crippen LogP contribution is -2.35. The Balaban J connectivity index is 2.01. The van der Waals surface area contributed by atoms with Gasteiger partial charge in [-0.25, -0.2) is 4.39 Å². The number of H-pyrrole nitrogens is 1.